The average Bonchev–Trinajstić information content (AvgIpc) is 2.27. The van der Waals surface area contributed by atoms with E-state index in [1.165, 1.54) is 0 Å². The lowest BCUT2D eigenvalue weighted by Gasteiger charge is -2.38. The van der Waals surface area contributed by atoms with Gasteiger partial charge in [0.15, 0.2) is 0 Å². The summed E-state index contributed by atoms with van der Waals surface area (Å²) in [7, 11) is 0. The second kappa shape index (κ2) is 5.31. The summed E-state index contributed by atoms with van der Waals surface area (Å²) in [5.74, 6) is 0.367. The molecule has 1 aliphatic heterocycles. The first-order valence-electron chi connectivity index (χ1n) is 5.34. The number of ether oxygens (including phenoxy) is 1. The minimum atomic E-state index is -0.272. The van der Waals surface area contributed by atoms with Crippen molar-refractivity contribution in [1.29, 1.82) is 0 Å². The van der Waals surface area contributed by atoms with Crippen molar-refractivity contribution >= 4 is 22.0 Å². The fraction of sp³-hybridized carbons (Fsp3) is 0.333. The normalized spacial score (nSPS) is 15.2. The van der Waals surface area contributed by atoms with Crippen LogP contribution in [0.3, 0.4) is 0 Å². The number of hydrogen-bond acceptors (Lipinski definition) is 3. The van der Waals surface area contributed by atoms with E-state index < -0.39 is 0 Å². The summed E-state index contributed by atoms with van der Waals surface area (Å²) in [6, 6.07) is 3.93. The first kappa shape index (κ1) is 12.1. The van der Waals surface area contributed by atoms with E-state index in [0.29, 0.717) is 19.0 Å². The molecule has 5 heteroatoms. The van der Waals surface area contributed by atoms with Crippen molar-refractivity contribution in [2.24, 2.45) is 0 Å². The van der Waals surface area contributed by atoms with Crippen LogP contribution in [0.15, 0.2) is 35.6 Å². The van der Waals surface area contributed by atoms with E-state index in [1.807, 2.05) is 18.3 Å². The molecular weight excluding hydrogens is 284 g/mol. The molecule has 0 bridgehead atoms. The van der Waals surface area contributed by atoms with Crippen LogP contribution in [0.4, 0.5) is 4.79 Å². The Kier molecular flexibility index (Phi) is 3.78. The standard InChI is InChI=1S/C12H13BrN2O2/c1-2-5-17-12(16)15-7-10(8-15)9-3-4-11(13)14-6-9/h2-4,6,10H,1,5,7-8H2. The van der Waals surface area contributed by atoms with Crippen LogP contribution in [0, 0.1) is 0 Å². The molecule has 2 rings (SSSR count). The lowest BCUT2D eigenvalue weighted by molar-refractivity contribution is 0.0791. The molecule has 0 radical (unpaired) electrons. The highest BCUT2D eigenvalue weighted by atomic mass is 79.9. The minimum Gasteiger partial charge on any atom is -0.445 e. The first-order chi connectivity index (χ1) is 8.20. The molecule has 1 aromatic heterocycles. The van der Waals surface area contributed by atoms with Crippen LogP contribution >= 0.6 is 15.9 Å². The summed E-state index contributed by atoms with van der Waals surface area (Å²) in [6.45, 7) is 5.15. The minimum absolute atomic E-state index is 0.264. The molecule has 17 heavy (non-hydrogen) atoms. The Morgan fingerprint density at radius 3 is 3.00 bits per heavy atom. The number of likely N-dealkylation sites (tertiary alicyclic amines) is 1. The zero-order valence-electron chi connectivity index (χ0n) is 9.30. The number of hydrogen-bond donors (Lipinski definition) is 0. The van der Waals surface area contributed by atoms with Crippen molar-refractivity contribution in [2.45, 2.75) is 5.92 Å². The number of rotatable bonds is 3. The topological polar surface area (TPSA) is 42.4 Å². The van der Waals surface area contributed by atoms with Crippen LogP contribution in [-0.4, -0.2) is 35.7 Å². The van der Waals surface area contributed by atoms with E-state index in [2.05, 4.69) is 27.5 Å². The SMILES string of the molecule is C=CCOC(=O)N1CC(c2ccc(Br)nc2)C1. The van der Waals surface area contributed by atoms with Crippen LogP contribution in [0.25, 0.3) is 0 Å². The van der Waals surface area contributed by atoms with Crippen molar-refractivity contribution in [1.82, 2.24) is 9.88 Å². The van der Waals surface area contributed by atoms with E-state index in [0.717, 1.165) is 10.2 Å². The van der Waals surface area contributed by atoms with Gasteiger partial charge in [-0.05, 0) is 27.6 Å². The fourth-order valence-corrected chi connectivity index (χ4v) is 1.92. The number of aromatic nitrogens is 1. The molecule has 2 heterocycles. The lowest BCUT2D eigenvalue weighted by Crippen LogP contribution is -2.48. The molecule has 1 amide bonds. The van der Waals surface area contributed by atoms with Crippen molar-refractivity contribution in [3.8, 4) is 0 Å². The number of amides is 1. The zero-order valence-corrected chi connectivity index (χ0v) is 10.9. The molecule has 0 aliphatic carbocycles. The second-order valence-corrected chi connectivity index (χ2v) is 4.69. The third-order valence-electron chi connectivity index (χ3n) is 2.69. The van der Waals surface area contributed by atoms with Gasteiger partial charge in [0.05, 0.1) is 0 Å². The summed E-state index contributed by atoms with van der Waals surface area (Å²) in [5, 5.41) is 0. The molecule has 0 atom stereocenters. The molecule has 0 saturated carbocycles. The van der Waals surface area contributed by atoms with Gasteiger partial charge in [-0.15, -0.1) is 0 Å². The summed E-state index contributed by atoms with van der Waals surface area (Å²) < 4.78 is 5.77. The Morgan fingerprint density at radius 2 is 2.41 bits per heavy atom. The van der Waals surface area contributed by atoms with Crippen LogP contribution in [0.5, 0.6) is 0 Å². The third-order valence-corrected chi connectivity index (χ3v) is 3.16. The Morgan fingerprint density at radius 1 is 1.65 bits per heavy atom. The largest absolute Gasteiger partial charge is 0.445 e. The lowest BCUT2D eigenvalue weighted by atomic mass is 9.93. The number of nitrogens with zero attached hydrogens (tertiary/aromatic N) is 2. The molecular formula is C12H13BrN2O2. The van der Waals surface area contributed by atoms with E-state index in [4.69, 9.17) is 4.74 Å². The number of carbonyl (C=O) groups excluding carboxylic acids is 1. The molecule has 1 fully saturated rings. The van der Waals surface area contributed by atoms with E-state index >= 15 is 0 Å². The van der Waals surface area contributed by atoms with Gasteiger partial charge in [0.1, 0.15) is 11.2 Å². The highest BCUT2D eigenvalue weighted by Gasteiger charge is 2.32. The predicted molar refractivity (Wildman–Crippen MR) is 67.8 cm³/mol. The molecule has 1 aliphatic rings. The molecule has 90 valence electrons. The van der Waals surface area contributed by atoms with Gasteiger partial charge in [-0.3, -0.25) is 0 Å². The Bertz CT molecular complexity index is 413. The van der Waals surface area contributed by atoms with E-state index in [-0.39, 0.29) is 12.7 Å². The Balaban J connectivity index is 1.84. The molecule has 0 spiro atoms. The van der Waals surface area contributed by atoms with Crippen molar-refractivity contribution in [2.75, 3.05) is 19.7 Å². The number of carbonyl (C=O) groups is 1. The molecule has 0 aromatic carbocycles. The van der Waals surface area contributed by atoms with Gasteiger partial charge < -0.3 is 9.64 Å². The predicted octanol–water partition coefficient (Wildman–Crippen LogP) is 2.57. The highest BCUT2D eigenvalue weighted by molar-refractivity contribution is 9.10. The van der Waals surface area contributed by atoms with Gasteiger partial charge in [-0.1, -0.05) is 18.7 Å². The Labute approximate surface area is 108 Å². The Hall–Kier alpha value is -1.36. The fourth-order valence-electron chi connectivity index (χ4n) is 1.69. The van der Waals surface area contributed by atoms with Crippen LogP contribution in [0.2, 0.25) is 0 Å². The van der Waals surface area contributed by atoms with E-state index in [9.17, 15) is 4.79 Å². The molecule has 1 saturated heterocycles. The maximum atomic E-state index is 11.4. The summed E-state index contributed by atoms with van der Waals surface area (Å²) in [5.41, 5.74) is 1.15. The maximum Gasteiger partial charge on any atom is 0.410 e. The maximum absolute atomic E-state index is 11.4. The summed E-state index contributed by atoms with van der Waals surface area (Å²) in [4.78, 5) is 17.3. The van der Waals surface area contributed by atoms with Gasteiger partial charge in [0.25, 0.3) is 0 Å². The molecule has 4 nitrogen and oxygen atoms in total. The van der Waals surface area contributed by atoms with Crippen molar-refractivity contribution in [3.63, 3.8) is 0 Å². The van der Waals surface area contributed by atoms with Crippen LogP contribution < -0.4 is 0 Å². The quantitative estimate of drug-likeness (QED) is 0.636. The van der Waals surface area contributed by atoms with Gasteiger partial charge in [0.2, 0.25) is 0 Å². The van der Waals surface area contributed by atoms with Crippen LogP contribution in [0.1, 0.15) is 11.5 Å². The van der Waals surface area contributed by atoms with Crippen LogP contribution in [-0.2, 0) is 4.74 Å². The monoisotopic (exact) mass is 296 g/mol. The highest BCUT2D eigenvalue weighted by Crippen LogP contribution is 2.27. The van der Waals surface area contributed by atoms with Gasteiger partial charge in [-0.25, -0.2) is 9.78 Å². The van der Waals surface area contributed by atoms with Crippen molar-refractivity contribution < 1.29 is 9.53 Å². The third kappa shape index (κ3) is 2.85. The van der Waals surface area contributed by atoms with E-state index in [1.54, 1.807) is 11.0 Å². The second-order valence-electron chi connectivity index (χ2n) is 3.88. The van der Waals surface area contributed by atoms with Crippen molar-refractivity contribution in [3.05, 3.63) is 41.2 Å². The number of halogens is 1. The first-order valence-corrected chi connectivity index (χ1v) is 6.14. The van der Waals surface area contributed by atoms with Gasteiger partial charge in [-0.2, -0.15) is 0 Å². The smallest absolute Gasteiger partial charge is 0.410 e. The average molecular weight is 297 g/mol. The number of pyridine rings is 1. The summed E-state index contributed by atoms with van der Waals surface area (Å²) >= 11 is 3.29. The van der Waals surface area contributed by atoms with Gasteiger partial charge >= 0.3 is 6.09 Å². The summed E-state index contributed by atoms with van der Waals surface area (Å²) in [6.07, 6.45) is 3.13. The molecule has 0 unspecified atom stereocenters. The van der Waals surface area contributed by atoms with Gasteiger partial charge in [0, 0.05) is 25.2 Å². The molecule has 1 aromatic rings. The molecule has 0 N–H and O–H groups in total. The zero-order chi connectivity index (χ0) is 12.3.